The molecule has 0 unspecified atom stereocenters. The first-order chi connectivity index (χ1) is 13.4. The van der Waals surface area contributed by atoms with Gasteiger partial charge in [-0.2, -0.15) is 0 Å². The van der Waals surface area contributed by atoms with Crippen LogP contribution in [0.25, 0.3) is 11.0 Å². The summed E-state index contributed by atoms with van der Waals surface area (Å²) in [6.07, 6.45) is 2.25. The SMILES string of the molecule is COc1ccc2c(CC(=O)N(Cc3cccs3)[C@H]3CCS(=O)(=O)C3)coc2c1. The molecule has 3 aromatic rings. The largest absolute Gasteiger partial charge is 0.497 e. The number of ether oxygens (including phenoxy) is 1. The lowest BCUT2D eigenvalue weighted by Crippen LogP contribution is -2.41. The van der Waals surface area contributed by atoms with E-state index in [9.17, 15) is 13.2 Å². The summed E-state index contributed by atoms with van der Waals surface area (Å²) in [7, 11) is -1.49. The molecule has 0 saturated carbocycles. The number of hydrogen-bond donors (Lipinski definition) is 0. The minimum Gasteiger partial charge on any atom is -0.497 e. The van der Waals surface area contributed by atoms with E-state index in [0.29, 0.717) is 24.3 Å². The van der Waals surface area contributed by atoms with E-state index in [1.807, 2.05) is 29.6 Å². The lowest BCUT2D eigenvalue weighted by atomic mass is 10.1. The molecule has 8 heteroatoms. The van der Waals surface area contributed by atoms with E-state index in [2.05, 4.69) is 0 Å². The molecule has 1 atom stereocenters. The molecule has 1 saturated heterocycles. The minimum atomic E-state index is -3.08. The van der Waals surface area contributed by atoms with Crippen LogP contribution in [0.15, 0.2) is 46.4 Å². The molecule has 0 spiro atoms. The molecule has 1 aliphatic rings. The van der Waals surface area contributed by atoms with Crippen molar-refractivity contribution in [1.29, 1.82) is 0 Å². The fourth-order valence-electron chi connectivity index (χ4n) is 3.60. The highest BCUT2D eigenvalue weighted by atomic mass is 32.2. The Morgan fingerprint density at radius 2 is 2.21 bits per heavy atom. The summed E-state index contributed by atoms with van der Waals surface area (Å²) < 4.78 is 34.7. The molecule has 3 heterocycles. The predicted molar refractivity (Wildman–Crippen MR) is 108 cm³/mol. The second-order valence-electron chi connectivity index (χ2n) is 6.96. The Kier molecular flexibility index (Phi) is 5.16. The summed E-state index contributed by atoms with van der Waals surface area (Å²) in [4.78, 5) is 15.9. The van der Waals surface area contributed by atoms with Crippen LogP contribution in [0.5, 0.6) is 5.75 Å². The van der Waals surface area contributed by atoms with Crippen molar-refractivity contribution in [3.63, 3.8) is 0 Å². The molecule has 1 fully saturated rings. The normalized spacial score (nSPS) is 18.4. The number of rotatable bonds is 6. The topological polar surface area (TPSA) is 76.8 Å². The zero-order chi connectivity index (χ0) is 19.7. The van der Waals surface area contributed by atoms with E-state index in [4.69, 9.17) is 9.15 Å². The van der Waals surface area contributed by atoms with Crippen LogP contribution < -0.4 is 4.74 Å². The number of carbonyl (C=O) groups excluding carboxylic acids is 1. The Morgan fingerprint density at radius 1 is 1.36 bits per heavy atom. The first-order valence-corrected chi connectivity index (χ1v) is 11.7. The number of methoxy groups -OCH3 is 1. The zero-order valence-corrected chi connectivity index (χ0v) is 17.1. The van der Waals surface area contributed by atoms with Gasteiger partial charge in [-0.1, -0.05) is 6.07 Å². The highest BCUT2D eigenvalue weighted by Gasteiger charge is 2.35. The number of carbonyl (C=O) groups is 1. The van der Waals surface area contributed by atoms with Crippen molar-refractivity contribution in [2.45, 2.75) is 25.4 Å². The molecular formula is C20H21NO5S2. The third-order valence-corrected chi connectivity index (χ3v) is 7.69. The van der Waals surface area contributed by atoms with Gasteiger partial charge in [0.15, 0.2) is 9.84 Å². The first kappa shape index (κ1) is 19.0. The molecule has 1 aliphatic heterocycles. The number of benzene rings is 1. The van der Waals surface area contributed by atoms with Crippen LogP contribution >= 0.6 is 11.3 Å². The van der Waals surface area contributed by atoms with Crippen molar-refractivity contribution in [3.05, 3.63) is 52.4 Å². The Morgan fingerprint density at radius 3 is 2.89 bits per heavy atom. The Hall–Kier alpha value is -2.32. The van der Waals surface area contributed by atoms with Crippen molar-refractivity contribution in [2.24, 2.45) is 0 Å². The van der Waals surface area contributed by atoms with Crippen molar-refractivity contribution in [3.8, 4) is 5.75 Å². The third-order valence-electron chi connectivity index (χ3n) is 5.08. The number of sulfone groups is 1. The average molecular weight is 420 g/mol. The highest BCUT2D eigenvalue weighted by Crippen LogP contribution is 2.28. The molecular weight excluding hydrogens is 398 g/mol. The lowest BCUT2D eigenvalue weighted by Gasteiger charge is -2.28. The van der Waals surface area contributed by atoms with Gasteiger partial charge in [-0.25, -0.2) is 8.42 Å². The van der Waals surface area contributed by atoms with Gasteiger partial charge >= 0.3 is 0 Å². The Labute approximate surface area is 167 Å². The molecule has 0 N–H and O–H groups in total. The van der Waals surface area contributed by atoms with Gasteiger partial charge in [0.25, 0.3) is 0 Å². The molecule has 6 nitrogen and oxygen atoms in total. The van der Waals surface area contributed by atoms with Gasteiger partial charge in [0, 0.05) is 27.9 Å². The van der Waals surface area contributed by atoms with Gasteiger partial charge in [-0.15, -0.1) is 11.3 Å². The summed E-state index contributed by atoms with van der Waals surface area (Å²) in [5.41, 5.74) is 1.45. The van der Waals surface area contributed by atoms with E-state index in [1.165, 1.54) is 0 Å². The van der Waals surface area contributed by atoms with Crippen molar-refractivity contribution in [2.75, 3.05) is 18.6 Å². The summed E-state index contributed by atoms with van der Waals surface area (Å²) in [6, 6.07) is 9.12. The summed E-state index contributed by atoms with van der Waals surface area (Å²) in [5, 5.41) is 2.82. The summed E-state index contributed by atoms with van der Waals surface area (Å²) >= 11 is 1.57. The fraction of sp³-hybridized carbons (Fsp3) is 0.350. The van der Waals surface area contributed by atoms with E-state index in [-0.39, 0.29) is 29.9 Å². The maximum Gasteiger partial charge on any atom is 0.227 e. The minimum absolute atomic E-state index is 0.0352. The van der Waals surface area contributed by atoms with Crippen LogP contribution in [0.1, 0.15) is 16.9 Å². The van der Waals surface area contributed by atoms with Crippen molar-refractivity contribution in [1.82, 2.24) is 4.90 Å². The number of hydrogen-bond acceptors (Lipinski definition) is 6. The zero-order valence-electron chi connectivity index (χ0n) is 15.5. The molecule has 1 aromatic carbocycles. The van der Waals surface area contributed by atoms with Crippen molar-refractivity contribution < 1.29 is 22.4 Å². The fourth-order valence-corrected chi connectivity index (χ4v) is 6.04. The number of nitrogens with zero attached hydrogens (tertiary/aromatic N) is 1. The Bertz CT molecular complexity index is 1090. The standard InChI is InChI=1S/C20H21NO5S2/c1-25-16-4-5-18-14(12-26-19(18)10-16)9-20(22)21(11-17-3-2-7-27-17)15-6-8-28(23,24)13-15/h2-5,7,10,12,15H,6,8-9,11,13H2,1H3/t15-/m0/s1. The van der Waals surface area contributed by atoms with E-state index in [0.717, 1.165) is 15.8 Å². The molecule has 0 bridgehead atoms. The quantitative estimate of drug-likeness (QED) is 0.613. The third kappa shape index (κ3) is 3.93. The molecule has 2 aromatic heterocycles. The first-order valence-electron chi connectivity index (χ1n) is 9.01. The number of thiophene rings is 1. The highest BCUT2D eigenvalue weighted by molar-refractivity contribution is 7.91. The van der Waals surface area contributed by atoms with Crippen LogP contribution in [0, 0.1) is 0 Å². The van der Waals surface area contributed by atoms with Gasteiger partial charge in [-0.05, 0) is 30.0 Å². The average Bonchev–Trinajstić information content (AvgIpc) is 3.40. The van der Waals surface area contributed by atoms with Crippen molar-refractivity contribution >= 4 is 38.1 Å². The van der Waals surface area contributed by atoms with Gasteiger partial charge in [0.05, 0.1) is 37.8 Å². The van der Waals surface area contributed by atoms with E-state index >= 15 is 0 Å². The molecule has 0 radical (unpaired) electrons. The second-order valence-corrected chi connectivity index (χ2v) is 10.2. The molecule has 1 amide bonds. The van der Waals surface area contributed by atoms with Crippen LogP contribution in [0.4, 0.5) is 0 Å². The van der Waals surface area contributed by atoms with Gasteiger partial charge in [0.2, 0.25) is 5.91 Å². The molecule has 4 rings (SSSR count). The maximum absolute atomic E-state index is 13.2. The van der Waals surface area contributed by atoms with E-state index in [1.54, 1.807) is 35.7 Å². The number of furan rings is 1. The van der Waals surface area contributed by atoms with Crippen LogP contribution in [-0.2, 0) is 27.6 Å². The summed E-state index contributed by atoms with van der Waals surface area (Å²) in [5.74, 6) is 0.776. The summed E-state index contributed by atoms with van der Waals surface area (Å²) in [6.45, 7) is 0.431. The van der Waals surface area contributed by atoms with Crippen LogP contribution in [-0.4, -0.2) is 43.9 Å². The lowest BCUT2D eigenvalue weighted by molar-refractivity contribution is -0.133. The van der Waals surface area contributed by atoms with E-state index < -0.39 is 9.84 Å². The number of amides is 1. The molecule has 148 valence electrons. The number of fused-ring (bicyclic) bond motifs is 1. The maximum atomic E-state index is 13.2. The monoisotopic (exact) mass is 419 g/mol. The second kappa shape index (κ2) is 7.60. The van der Waals surface area contributed by atoms with Crippen LogP contribution in [0.3, 0.4) is 0 Å². The Balaban J connectivity index is 1.58. The predicted octanol–water partition coefficient (Wildman–Crippen LogP) is 3.26. The van der Waals surface area contributed by atoms with Gasteiger partial charge < -0.3 is 14.1 Å². The van der Waals surface area contributed by atoms with Crippen LogP contribution in [0.2, 0.25) is 0 Å². The van der Waals surface area contributed by atoms with Gasteiger partial charge in [0.1, 0.15) is 11.3 Å². The molecule has 28 heavy (non-hydrogen) atoms. The smallest absolute Gasteiger partial charge is 0.227 e. The molecule has 0 aliphatic carbocycles. The van der Waals surface area contributed by atoms with Gasteiger partial charge in [-0.3, -0.25) is 4.79 Å².